The SMILES string of the molecule is COc1ccc(Br)cc1CBr.COc1ccc(Br)cc1CCc1c(F)cccc1C(=O)O.Cc1c(F)cccc1C(=O)O. The molecule has 2 N–H and O–H groups in total. The van der Waals surface area contributed by atoms with Gasteiger partial charge < -0.3 is 19.7 Å². The molecule has 0 saturated heterocycles. The Hall–Kier alpha value is -3.28. The summed E-state index contributed by atoms with van der Waals surface area (Å²) in [5.74, 6) is -1.57. The molecule has 4 rings (SSSR count). The number of aryl methyl sites for hydroxylation is 1. The highest BCUT2D eigenvalue weighted by Gasteiger charge is 2.15. The van der Waals surface area contributed by atoms with E-state index in [4.69, 9.17) is 19.7 Å². The maximum absolute atomic E-state index is 13.9. The molecule has 4 aromatic rings. The quantitative estimate of drug-likeness (QED) is 0.173. The fraction of sp³-hybridized carbons (Fsp3) is 0.188. The van der Waals surface area contributed by atoms with Gasteiger partial charge in [0.2, 0.25) is 0 Å². The summed E-state index contributed by atoms with van der Waals surface area (Å²) >= 11 is 10.2. The Labute approximate surface area is 274 Å². The molecule has 0 atom stereocenters. The summed E-state index contributed by atoms with van der Waals surface area (Å²) in [5, 5.41) is 18.5. The van der Waals surface area contributed by atoms with E-state index in [0.29, 0.717) is 18.6 Å². The Bertz CT molecular complexity index is 1560. The molecular formula is C32H29Br3F2O6. The van der Waals surface area contributed by atoms with Gasteiger partial charge in [-0.15, -0.1) is 0 Å². The summed E-state index contributed by atoms with van der Waals surface area (Å²) in [5.41, 5.74) is 2.47. The Morgan fingerprint density at radius 3 is 1.70 bits per heavy atom. The van der Waals surface area contributed by atoms with Crippen molar-refractivity contribution in [2.24, 2.45) is 0 Å². The van der Waals surface area contributed by atoms with E-state index in [1.165, 1.54) is 43.3 Å². The third-order valence-electron chi connectivity index (χ3n) is 6.12. The van der Waals surface area contributed by atoms with Gasteiger partial charge in [-0.25, -0.2) is 18.4 Å². The van der Waals surface area contributed by atoms with E-state index >= 15 is 0 Å². The Kier molecular flexibility index (Phi) is 14.8. The molecule has 0 spiro atoms. The third-order valence-corrected chi connectivity index (χ3v) is 7.71. The van der Waals surface area contributed by atoms with Crippen molar-refractivity contribution in [2.45, 2.75) is 25.1 Å². The van der Waals surface area contributed by atoms with Crippen LogP contribution in [0.3, 0.4) is 0 Å². The predicted octanol–water partition coefficient (Wildman–Crippen LogP) is 9.27. The van der Waals surface area contributed by atoms with Crippen LogP contribution in [0.25, 0.3) is 0 Å². The average molecular weight is 787 g/mol. The lowest BCUT2D eigenvalue weighted by Crippen LogP contribution is -2.06. The number of carboxylic acid groups (broad SMARTS) is 2. The van der Waals surface area contributed by atoms with Crippen molar-refractivity contribution in [1.29, 1.82) is 0 Å². The van der Waals surface area contributed by atoms with Crippen LogP contribution in [-0.2, 0) is 18.2 Å². The van der Waals surface area contributed by atoms with E-state index in [2.05, 4.69) is 47.8 Å². The molecule has 0 aromatic heterocycles. The zero-order valence-electron chi connectivity index (χ0n) is 23.5. The van der Waals surface area contributed by atoms with Crippen LogP contribution in [0.2, 0.25) is 0 Å². The van der Waals surface area contributed by atoms with Crippen LogP contribution < -0.4 is 9.47 Å². The van der Waals surface area contributed by atoms with Crippen molar-refractivity contribution in [1.82, 2.24) is 0 Å². The Balaban J connectivity index is 0.000000247. The number of carbonyl (C=O) groups is 2. The second-order valence-corrected chi connectivity index (χ2v) is 11.2. The summed E-state index contributed by atoms with van der Waals surface area (Å²) in [6.45, 7) is 1.44. The van der Waals surface area contributed by atoms with E-state index in [0.717, 1.165) is 31.2 Å². The van der Waals surface area contributed by atoms with E-state index in [1.807, 2.05) is 36.4 Å². The van der Waals surface area contributed by atoms with Gasteiger partial charge >= 0.3 is 11.9 Å². The first-order chi connectivity index (χ1) is 20.4. The summed E-state index contributed by atoms with van der Waals surface area (Å²) < 4.78 is 38.9. The van der Waals surface area contributed by atoms with Crippen LogP contribution in [0.4, 0.5) is 8.78 Å². The first kappa shape index (κ1) is 35.9. The van der Waals surface area contributed by atoms with Gasteiger partial charge in [0.15, 0.2) is 0 Å². The minimum Gasteiger partial charge on any atom is -0.496 e. The van der Waals surface area contributed by atoms with Crippen molar-refractivity contribution in [3.63, 3.8) is 0 Å². The van der Waals surface area contributed by atoms with E-state index in [-0.39, 0.29) is 22.3 Å². The number of benzene rings is 4. The van der Waals surface area contributed by atoms with Crippen molar-refractivity contribution in [2.75, 3.05) is 14.2 Å². The molecule has 0 amide bonds. The molecule has 11 heteroatoms. The van der Waals surface area contributed by atoms with Crippen molar-refractivity contribution >= 4 is 59.7 Å². The molecule has 6 nitrogen and oxygen atoms in total. The van der Waals surface area contributed by atoms with Crippen LogP contribution in [-0.4, -0.2) is 36.4 Å². The molecule has 0 aliphatic carbocycles. The number of hydrogen-bond donors (Lipinski definition) is 2. The zero-order valence-corrected chi connectivity index (χ0v) is 28.2. The first-order valence-corrected chi connectivity index (χ1v) is 15.3. The minimum absolute atomic E-state index is 0.00367. The fourth-order valence-electron chi connectivity index (χ4n) is 3.91. The van der Waals surface area contributed by atoms with Gasteiger partial charge in [0.05, 0.1) is 25.3 Å². The second-order valence-electron chi connectivity index (χ2n) is 8.83. The number of halogens is 5. The molecular weight excluding hydrogens is 758 g/mol. The predicted molar refractivity (Wildman–Crippen MR) is 173 cm³/mol. The van der Waals surface area contributed by atoms with Crippen LogP contribution in [0, 0.1) is 18.6 Å². The molecule has 0 radical (unpaired) electrons. The van der Waals surface area contributed by atoms with Crippen molar-refractivity contribution in [3.8, 4) is 11.5 Å². The van der Waals surface area contributed by atoms with Crippen molar-refractivity contribution < 1.29 is 38.1 Å². The highest BCUT2D eigenvalue weighted by molar-refractivity contribution is 9.10. The number of rotatable bonds is 8. The molecule has 0 fully saturated rings. The monoisotopic (exact) mass is 784 g/mol. The lowest BCUT2D eigenvalue weighted by atomic mass is 9.99. The van der Waals surface area contributed by atoms with Crippen LogP contribution in [0.15, 0.2) is 81.7 Å². The summed E-state index contributed by atoms with van der Waals surface area (Å²) in [6.07, 6.45) is 0.783. The number of alkyl halides is 1. The highest BCUT2D eigenvalue weighted by atomic mass is 79.9. The summed E-state index contributed by atoms with van der Waals surface area (Å²) in [6, 6.07) is 19.6. The summed E-state index contributed by atoms with van der Waals surface area (Å²) in [4.78, 5) is 21.6. The van der Waals surface area contributed by atoms with Crippen LogP contribution >= 0.6 is 47.8 Å². The van der Waals surface area contributed by atoms with Gasteiger partial charge in [-0.1, -0.05) is 59.9 Å². The Morgan fingerprint density at radius 1 is 0.721 bits per heavy atom. The number of methoxy groups -OCH3 is 2. The van der Waals surface area contributed by atoms with Crippen LogP contribution in [0.1, 0.15) is 43.0 Å². The maximum Gasteiger partial charge on any atom is 0.336 e. The molecule has 0 aliphatic heterocycles. The van der Waals surface area contributed by atoms with Gasteiger partial charge in [-0.2, -0.15) is 0 Å². The number of ether oxygens (including phenoxy) is 2. The molecule has 0 bridgehead atoms. The molecule has 4 aromatic carbocycles. The largest absolute Gasteiger partial charge is 0.496 e. The molecule has 0 aliphatic rings. The number of carboxylic acids is 2. The smallest absolute Gasteiger partial charge is 0.336 e. The van der Waals surface area contributed by atoms with Gasteiger partial charge in [-0.05, 0) is 91.6 Å². The lowest BCUT2D eigenvalue weighted by molar-refractivity contribution is 0.0684. The minimum atomic E-state index is -1.12. The maximum atomic E-state index is 13.9. The standard InChI is InChI=1S/C16H14BrFO3.C8H8Br2O.C8H7FO2/c1-21-15-8-6-11(17)9-10(15)5-7-12-13(16(19)20)3-2-4-14(12)18;1-11-8-3-2-7(10)4-6(8)5-9;1-5-6(8(10)11)3-2-4-7(5)9/h2-4,6,8-9H,5,7H2,1H3,(H,19,20);2-4H,5H2,1H3;2-4H,1H3,(H,10,11). The molecule has 0 unspecified atom stereocenters. The summed E-state index contributed by atoms with van der Waals surface area (Å²) in [7, 11) is 3.24. The van der Waals surface area contributed by atoms with Crippen LogP contribution in [0.5, 0.6) is 11.5 Å². The fourth-order valence-corrected chi connectivity index (χ4v) is 5.16. The normalized spacial score (nSPS) is 10.0. The molecule has 0 saturated carbocycles. The van der Waals surface area contributed by atoms with Gasteiger partial charge in [0.1, 0.15) is 23.1 Å². The zero-order chi connectivity index (χ0) is 32.1. The van der Waals surface area contributed by atoms with Gasteiger partial charge in [0.25, 0.3) is 0 Å². The number of hydrogen-bond acceptors (Lipinski definition) is 4. The lowest BCUT2D eigenvalue weighted by Gasteiger charge is -2.11. The highest BCUT2D eigenvalue weighted by Crippen LogP contribution is 2.26. The third kappa shape index (κ3) is 10.7. The van der Waals surface area contributed by atoms with Crippen molar-refractivity contribution in [3.05, 3.63) is 127 Å². The van der Waals surface area contributed by atoms with E-state index < -0.39 is 23.6 Å². The van der Waals surface area contributed by atoms with E-state index in [9.17, 15) is 18.4 Å². The van der Waals surface area contributed by atoms with Gasteiger partial charge in [-0.3, -0.25) is 0 Å². The Morgan fingerprint density at radius 2 is 1.21 bits per heavy atom. The molecule has 0 heterocycles. The molecule has 228 valence electrons. The van der Waals surface area contributed by atoms with E-state index in [1.54, 1.807) is 14.2 Å². The van der Waals surface area contributed by atoms with Gasteiger partial charge in [0, 0.05) is 25.4 Å². The second kappa shape index (κ2) is 17.7. The number of aromatic carboxylic acids is 2. The average Bonchev–Trinajstić information content (AvgIpc) is 2.98. The topological polar surface area (TPSA) is 93.1 Å². The first-order valence-electron chi connectivity index (χ1n) is 12.6. The molecule has 43 heavy (non-hydrogen) atoms.